The minimum atomic E-state index is -0.853. The van der Waals surface area contributed by atoms with E-state index in [1.54, 1.807) is 0 Å². The van der Waals surface area contributed by atoms with E-state index in [1.165, 1.54) is 0 Å². The lowest BCUT2D eigenvalue weighted by atomic mass is 10.1. The molecular weight excluding hydrogens is 180 g/mol. The number of nitrogens with one attached hydrogen (secondary N) is 2. The van der Waals surface area contributed by atoms with Crippen molar-refractivity contribution in [2.45, 2.75) is 32.4 Å². The lowest BCUT2D eigenvalue weighted by molar-refractivity contribution is -0.115. The van der Waals surface area contributed by atoms with Crippen LogP contribution in [0.4, 0.5) is 0 Å². The summed E-state index contributed by atoms with van der Waals surface area (Å²) >= 11 is 0. The number of likely N-dealkylation sites (N-methyl/N-ethyl adjacent to an activating group) is 1. The minimum Gasteiger partial charge on any atom is -0.386 e. The fraction of sp³-hybridized carbons (Fsp3) is 0.900. The van der Waals surface area contributed by atoms with Gasteiger partial charge in [0.2, 0.25) is 0 Å². The molecule has 0 aliphatic rings. The van der Waals surface area contributed by atoms with Crippen LogP contribution in [0, 0.1) is 5.92 Å². The van der Waals surface area contributed by atoms with Crippen LogP contribution >= 0.6 is 0 Å². The van der Waals surface area contributed by atoms with E-state index in [4.69, 9.17) is 5.11 Å². The predicted octanol–water partition coefficient (Wildman–Crippen LogP) is -0.230. The Kier molecular flexibility index (Phi) is 7.65. The number of hydrogen-bond donors (Lipinski definition) is 3. The van der Waals surface area contributed by atoms with Crippen molar-refractivity contribution in [3.63, 3.8) is 0 Å². The van der Waals surface area contributed by atoms with Gasteiger partial charge in [-0.2, -0.15) is 0 Å². The molecule has 0 rings (SSSR count). The largest absolute Gasteiger partial charge is 0.386 e. The van der Waals surface area contributed by atoms with Crippen LogP contribution in [0.2, 0.25) is 0 Å². The van der Waals surface area contributed by atoms with Gasteiger partial charge in [-0.25, -0.2) is 0 Å². The minimum absolute atomic E-state index is 0.147. The van der Waals surface area contributed by atoms with E-state index in [-0.39, 0.29) is 6.04 Å². The van der Waals surface area contributed by atoms with Gasteiger partial charge >= 0.3 is 0 Å². The zero-order valence-corrected chi connectivity index (χ0v) is 9.29. The topological polar surface area (TPSA) is 61.4 Å². The molecule has 0 aliphatic carbocycles. The van der Waals surface area contributed by atoms with Gasteiger partial charge < -0.3 is 20.5 Å². The second-order valence-electron chi connectivity index (χ2n) is 3.98. The summed E-state index contributed by atoms with van der Waals surface area (Å²) in [4.78, 5) is 10.2. The fourth-order valence-corrected chi connectivity index (χ4v) is 1.20. The first kappa shape index (κ1) is 13.5. The summed E-state index contributed by atoms with van der Waals surface area (Å²) in [5.74, 6) is 0.614. The number of aldehydes is 1. The molecule has 0 aromatic carbocycles. The maximum Gasteiger partial charge on any atom is 0.148 e. The molecule has 0 aromatic heterocycles. The maximum atomic E-state index is 10.2. The van der Waals surface area contributed by atoms with Gasteiger partial charge in [0.15, 0.2) is 0 Å². The second kappa shape index (κ2) is 7.91. The third-order valence-corrected chi connectivity index (χ3v) is 2.03. The molecule has 0 aliphatic heterocycles. The molecule has 0 saturated heterocycles. The molecule has 4 nitrogen and oxygen atoms in total. The Morgan fingerprint density at radius 3 is 2.43 bits per heavy atom. The SMILES string of the molecule is CNC(CNCC(C)C)CC(O)C=O. The molecule has 0 radical (unpaired) electrons. The zero-order valence-electron chi connectivity index (χ0n) is 9.29. The van der Waals surface area contributed by atoms with Gasteiger partial charge in [-0.3, -0.25) is 0 Å². The number of aliphatic hydroxyl groups is 1. The lowest BCUT2D eigenvalue weighted by Gasteiger charge is -2.18. The van der Waals surface area contributed by atoms with Gasteiger partial charge in [0, 0.05) is 12.6 Å². The lowest BCUT2D eigenvalue weighted by Crippen LogP contribution is -2.40. The van der Waals surface area contributed by atoms with E-state index in [0.29, 0.717) is 18.6 Å². The third-order valence-electron chi connectivity index (χ3n) is 2.03. The van der Waals surface area contributed by atoms with Crippen molar-refractivity contribution in [1.82, 2.24) is 10.6 Å². The van der Waals surface area contributed by atoms with Crippen molar-refractivity contribution in [3.8, 4) is 0 Å². The van der Waals surface area contributed by atoms with E-state index in [2.05, 4.69) is 24.5 Å². The van der Waals surface area contributed by atoms with Crippen LogP contribution in [-0.4, -0.2) is 43.7 Å². The summed E-state index contributed by atoms with van der Waals surface area (Å²) in [7, 11) is 1.83. The quantitative estimate of drug-likeness (QED) is 0.476. The van der Waals surface area contributed by atoms with Gasteiger partial charge in [0.25, 0.3) is 0 Å². The average molecular weight is 202 g/mol. The van der Waals surface area contributed by atoms with Crippen LogP contribution in [0.25, 0.3) is 0 Å². The first-order chi connectivity index (χ1) is 6.60. The van der Waals surface area contributed by atoms with Crippen molar-refractivity contribution in [2.75, 3.05) is 20.1 Å². The first-order valence-corrected chi connectivity index (χ1v) is 5.11. The van der Waals surface area contributed by atoms with Crippen LogP contribution in [0.3, 0.4) is 0 Å². The maximum absolute atomic E-state index is 10.2. The van der Waals surface area contributed by atoms with Crippen molar-refractivity contribution < 1.29 is 9.90 Å². The van der Waals surface area contributed by atoms with Crippen molar-refractivity contribution in [3.05, 3.63) is 0 Å². The highest BCUT2D eigenvalue weighted by Gasteiger charge is 2.11. The molecule has 14 heavy (non-hydrogen) atoms. The van der Waals surface area contributed by atoms with Gasteiger partial charge in [-0.1, -0.05) is 13.8 Å². The van der Waals surface area contributed by atoms with Crippen molar-refractivity contribution in [2.24, 2.45) is 5.92 Å². The van der Waals surface area contributed by atoms with Gasteiger partial charge in [-0.15, -0.1) is 0 Å². The summed E-state index contributed by atoms with van der Waals surface area (Å²) in [5, 5.41) is 15.5. The number of carbonyl (C=O) groups excluding carboxylic acids is 1. The summed E-state index contributed by atoms with van der Waals surface area (Å²) in [6, 6.07) is 0.147. The van der Waals surface area contributed by atoms with E-state index in [0.717, 1.165) is 13.1 Å². The Morgan fingerprint density at radius 1 is 1.36 bits per heavy atom. The number of rotatable bonds is 8. The van der Waals surface area contributed by atoms with Crippen LogP contribution < -0.4 is 10.6 Å². The molecule has 2 unspecified atom stereocenters. The number of hydrogen-bond acceptors (Lipinski definition) is 4. The van der Waals surface area contributed by atoms with E-state index in [1.807, 2.05) is 7.05 Å². The highest BCUT2D eigenvalue weighted by molar-refractivity contribution is 5.55. The van der Waals surface area contributed by atoms with Crippen molar-refractivity contribution >= 4 is 6.29 Å². The smallest absolute Gasteiger partial charge is 0.148 e. The molecule has 0 spiro atoms. The van der Waals surface area contributed by atoms with Gasteiger partial charge in [-0.05, 0) is 25.9 Å². The highest BCUT2D eigenvalue weighted by atomic mass is 16.3. The summed E-state index contributed by atoms with van der Waals surface area (Å²) in [6.07, 6.45) is 0.186. The van der Waals surface area contributed by atoms with Crippen LogP contribution in [0.5, 0.6) is 0 Å². The van der Waals surface area contributed by atoms with Gasteiger partial charge in [0.1, 0.15) is 12.4 Å². The van der Waals surface area contributed by atoms with E-state index in [9.17, 15) is 4.79 Å². The summed E-state index contributed by atoms with van der Waals surface area (Å²) < 4.78 is 0. The summed E-state index contributed by atoms with van der Waals surface area (Å²) in [6.45, 7) is 6.01. The molecule has 0 aromatic rings. The zero-order chi connectivity index (χ0) is 11.0. The predicted molar refractivity (Wildman–Crippen MR) is 57.2 cm³/mol. The molecule has 0 bridgehead atoms. The van der Waals surface area contributed by atoms with Crippen LogP contribution in [-0.2, 0) is 4.79 Å². The normalized spacial score (nSPS) is 15.5. The Labute approximate surface area is 86.1 Å². The Balaban J connectivity index is 3.62. The third kappa shape index (κ3) is 7.00. The Bertz CT molecular complexity index is 151. The van der Waals surface area contributed by atoms with Crippen LogP contribution in [0.15, 0.2) is 0 Å². The molecule has 0 heterocycles. The molecule has 3 N–H and O–H groups in total. The molecule has 2 atom stereocenters. The Hall–Kier alpha value is -0.450. The highest BCUT2D eigenvalue weighted by Crippen LogP contribution is 1.95. The van der Waals surface area contributed by atoms with E-state index < -0.39 is 6.10 Å². The number of aliphatic hydroxyl groups excluding tert-OH is 1. The monoisotopic (exact) mass is 202 g/mol. The van der Waals surface area contributed by atoms with Crippen LogP contribution in [0.1, 0.15) is 20.3 Å². The molecule has 0 saturated carbocycles. The Morgan fingerprint density at radius 2 is 2.00 bits per heavy atom. The standard InChI is InChI=1S/C10H22N2O2/c1-8(2)5-12-6-9(11-3)4-10(14)7-13/h7-12,14H,4-6H2,1-3H3. The average Bonchev–Trinajstić information content (AvgIpc) is 2.15. The van der Waals surface area contributed by atoms with Gasteiger partial charge in [0.05, 0.1) is 0 Å². The number of carbonyl (C=O) groups is 1. The first-order valence-electron chi connectivity index (χ1n) is 5.11. The molecule has 0 amide bonds. The molecule has 84 valence electrons. The molecule has 4 heteroatoms. The summed E-state index contributed by atoms with van der Waals surface area (Å²) in [5.41, 5.74) is 0. The van der Waals surface area contributed by atoms with E-state index >= 15 is 0 Å². The molecular formula is C10H22N2O2. The second-order valence-corrected chi connectivity index (χ2v) is 3.98. The molecule has 0 fully saturated rings. The fourth-order valence-electron chi connectivity index (χ4n) is 1.20. The van der Waals surface area contributed by atoms with Crippen molar-refractivity contribution in [1.29, 1.82) is 0 Å².